The number of aliphatic hydroxyl groups is 1. The molecular weight excluding hydrogens is 320 g/mol. The first-order chi connectivity index (χ1) is 9.35. The van der Waals surface area contributed by atoms with Gasteiger partial charge < -0.3 is 15.3 Å². The quantitative estimate of drug-likeness (QED) is 0.814. The van der Waals surface area contributed by atoms with Gasteiger partial charge >= 0.3 is 6.03 Å². The van der Waals surface area contributed by atoms with Crippen LogP contribution in [0.1, 0.15) is 0 Å². The van der Waals surface area contributed by atoms with E-state index in [-0.39, 0.29) is 22.3 Å². The van der Waals surface area contributed by atoms with E-state index in [0.717, 1.165) is 17.0 Å². The van der Waals surface area contributed by atoms with Crippen LogP contribution in [0.5, 0.6) is 0 Å². The number of hydrogen-bond donors (Lipinski definition) is 2. The summed E-state index contributed by atoms with van der Waals surface area (Å²) in [7, 11) is 0. The number of amides is 2. The predicted molar refractivity (Wildman–Crippen MR) is 70.1 cm³/mol. The first-order valence-electron chi connectivity index (χ1n) is 5.44. The van der Waals surface area contributed by atoms with Crippen molar-refractivity contribution in [2.24, 2.45) is 0 Å². The first-order valence-corrected chi connectivity index (χ1v) is 6.20. The summed E-state index contributed by atoms with van der Waals surface area (Å²) in [6.45, 7) is -1.57. The number of halogens is 5. The highest BCUT2D eigenvalue weighted by Gasteiger charge is 2.18. The molecule has 1 aromatic rings. The van der Waals surface area contributed by atoms with Crippen molar-refractivity contribution in [3.05, 3.63) is 28.0 Å². The topological polar surface area (TPSA) is 52.6 Å². The number of aliphatic hydroxyl groups excluding tert-OH is 1. The molecule has 0 saturated heterocycles. The molecule has 0 atom stereocenters. The van der Waals surface area contributed by atoms with Crippen LogP contribution < -0.4 is 5.32 Å². The molecule has 2 amide bonds. The molecule has 0 aliphatic rings. The average Bonchev–Trinajstić information content (AvgIpc) is 2.34. The summed E-state index contributed by atoms with van der Waals surface area (Å²) in [5, 5.41) is 10.4. The van der Waals surface area contributed by atoms with Crippen molar-refractivity contribution in [3.8, 4) is 0 Å². The van der Waals surface area contributed by atoms with Gasteiger partial charge in [0.1, 0.15) is 0 Å². The third-order valence-corrected chi connectivity index (χ3v) is 2.80. The zero-order valence-corrected chi connectivity index (χ0v) is 11.6. The van der Waals surface area contributed by atoms with Gasteiger partial charge in [-0.3, -0.25) is 0 Å². The Morgan fingerprint density at radius 2 is 1.90 bits per heavy atom. The number of nitrogens with one attached hydrogen (secondary N) is 1. The smallest absolute Gasteiger partial charge is 0.322 e. The molecule has 0 heterocycles. The molecule has 0 spiro atoms. The lowest BCUT2D eigenvalue weighted by Gasteiger charge is -2.21. The molecule has 0 fully saturated rings. The van der Waals surface area contributed by atoms with Crippen molar-refractivity contribution in [1.29, 1.82) is 0 Å². The molecule has 0 aliphatic heterocycles. The van der Waals surface area contributed by atoms with Gasteiger partial charge in [-0.25, -0.2) is 18.0 Å². The van der Waals surface area contributed by atoms with Crippen LogP contribution in [0.25, 0.3) is 0 Å². The molecule has 9 heteroatoms. The highest BCUT2D eigenvalue weighted by molar-refractivity contribution is 6.35. The normalized spacial score (nSPS) is 10.8. The summed E-state index contributed by atoms with van der Waals surface area (Å²) >= 11 is 11.1. The Morgan fingerprint density at radius 1 is 1.35 bits per heavy atom. The molecule has 0 aliphatic carbocycles. The summed E-state index contributed by atoms with van der Waals surface area (Å²) in [6, 6.07) is 1.32. The summed E-state index contributed by atoms with van der Waals surface area (Å²) in [5.41, 5.74) is 0.0589. The van der Waals surface area contributed by atoms with Crippen molar-refractivity contribution in [3.63, 3.8) is 0 Å². The molecule has 0 radical (unpaired) electrons. The summed E-state index contributed by atoms with van der Waals surface area (Å²) in [6.07, 6.45) is -2.74. The van der Waals surface area contributed by atoms with Gasteiger partial charge in [0.2, 0.25) is 0 Å². The number of rotatable bonds is 5. The first kappa shape index (κ1) is 16.9. The molecule has 0 aromatic heterocycles. The Kier molecular flexibility index (Phi) is 6.38. The van der Waals surface area contributed by atoms with E-state index in [1.54, 1.807) is 0 Å². The Hall–Kier alpha value is -1.18. The minimum atomic E-state index is -2.74. The fourth-order valence-electron chi connectivity index (χ4n) is 1.39. The van der Waals surface area contributed by atoms with Gasteiger partial charge in [-0.15, -0.1) is 0 Å². The van der Waals surface area contributed by atoms with E-state index in [1.165, 1.54) is 0 Å². The van der Waals surface area contributed by atoms with Gasteiger partial charge in [0, 0.05) is 12.2 Å². The van der Waals surface area contributed by atoms with Gasteiger partial charge in [-0.05, 0) is 12.1 Å². The Labute approximate surface area is 123 Å². The molecule has 20 heavy (non-hydrogen) atoms. The van der Waals surface area contributed by atoms with Gasteiger partial charge in [0.15, 0.2) is 5.82 Å². The molecule has 0 bridgehead atoms. The SMILES string of the molecule is O=C(Nc1cc(Cl)c(F)c(Cl)c1)N(CCO)CC(F)F. The molecule has 2 N–H and O–H groups in total. The largest absolute Gasteiger partial charge is 0.395 e. The monoisotopic (exact) mass is 330 g/mol. The Balaban J connectivity index is 2.82. The van der Waals surface area contributed by atoms with Crippen molar-refractivity contribution in [2.45, 2.75) is 6.43 Å². The fourth-order valence-corrected chi connectivity index (χ4v) is 1.88. The molecule has 1 rings (SSSR count). The van der Waals surface area contributed by atoms with Crippen molar-refractivity contribution in [2.75, 3.05) is 25.0 Å². The third kappa shape index (κ3) is 4.73. The average molecular weight is 331 g/mol. The third-order valence-electron chi connectivity index (χ3n) is 2.25. The van der Waals surface area contributed by atoms with Crippen LogP contribution in [0.4, 0.5) is 23.7 Å². The molecule has 1 aromatic carbocycles. The van der Waals surface area contributed by atoms with Crippen LogP contribution in [-0.4, -0.2) is 42.2 Å². The van der Waals surface area contributed by atoms with Crippen molar-refractivity contribution in [1.82, 2.24) is 4.90 Å². The van der Waals surface area contributed by atoms with Crippen LogP contribution in [0.2, 0.25) is 10.0 Å². The maximum absolute atomic E-state index is 13.2. The molecule has 112 valence electrons. The summed E-state index contributed by atoms with van der Waals surface area (Å²) in [5.74, 6) is -0.842. The van der Waals surface area contributed by atoms with E-state index >= 15 is 0 Å². The standard InChI is InChI=1S/C11H11Cl2F3N2O2/c12-7-3-6(4-8(13)10(7)16)17-11(20)18(1-2-19)5-9(14)15/h3-4,9,19H,1-2,5H2,(H,17,20). The summed E-state index contributed by atoms with van der Waals surface area (Å²) in [4.78, 5) is 12.5. The van der Waals surface area contributed by atoms with Gasteiger partial charge in [0.05, 0.1) is 23.2 Å². The molecular formula is C11H11Cl2F3N2O2. The van der Waals surface area contributed by atoms with E-state index in [2.05, 4.69) is 5.32 Å². The number of carbonyl (C=O) groups is 1. The lowest BCUT2D eigenvalue weighted by Crippen LogP contribution is -2.40. The van der Waals surface area contributed by atoms with Crippen LogP contribution in [-0.2, 0) is 0 Å². The maximum atomic E-state index is 13.2. The van der Waals surface area contributed by atoms with Crippen LogP contribution >= 0.6 is 23.2 Å². The van der Waals surface area contributed by atoms with E-state index < -0.39 is 31.4 Å². The van der Waals surface area contributed by atoms with E-state index in [4.69, 9.17) is 28.3 Å². The lowest BCUT2D eigenvalue weighted by atomic mass is 10.3. The minimum Gasteiger partial charge on any atom is -0.395 e. The zero-order valence-electron chi connectivity index (χ0n) is 10.0. The summed E-state index contributed by atoms with van der Waals surface area (Å²) < 4.78 is 37.8. The number of nitrogens with zero attached hydrogens (tertiary/aromatic N) is 1. The lowest BCUT2D eigenvalue weighted by molar-refractivity contribution is 0.0943. The number of carbonyl (C=O) groups excluding carboxylic acids is 1. The number of anilines is 1. The van der Waals surface area contributed by atoms with Gasteiger partial charge in [-0.1, -0.05) is 23.2 Å². The van der Waals surface area contributed by atoms with Crippen LogP contribution in [0.15, 0.2) is 12.1 Å². The highest BCUT2D eigenvalue weighted by atomic mass is 35.5. The highest BCUT2D eigenvalue weighted by Crippen LogP contribution is 2.27. The second-order valence-corrected chi connectivity index (χ2v) is 4.56. The fraction of sp³-hybridized carbons (Fsp3) is 0.364. The minimum absolute atomic E-state index is 0.0589. The second kappa shape index (κ2) is 7.56. The number of benzene rings is 1. The van der Waals surface area contributed by atoms with Crippen molar-refractivity contribution < 1.29 is 23.1 Å². The molecule has 0 saturated carbocycles. The number of alkyl halides is 2. The van der Waals surface area contributed by atoms with E-state index in [9.17, 15) is 18.0 Å². The maximum Gasteiger partial charge on any atom is 0.322 e. The predicted octanol–water partition coefficient (Wildman–Crippen LogP) is 3.22. The second-order valence-electron chi connectivity index (χ2n) is 3.74. The van der Waals surface area contributed by atoms with E-state index in [0.29, 0.717) is 0 Å². The van der Waals surface area contributed by atoms with Crippen molar-refractivity contribution >= 4 is 34.9 Å². The Bertz CT molecular complexity index is 466. The molecule has 4 nitrogen and oxygen atoms in total. The van der Waals surface area contributed by atoms with Crippen LogP contribution in [0.3, 0.4) is 0 Å². The van der Waals surface area contributed by atoms with Gasteiger partial charge in [0.25, 0.3) is 6.43 Å². The Morgan fingerprint density at radius 3 is 2.35 bits per heavy atom. The molecule has 0 unspecified atom stereocenters. The zero-order chi connectivity index (χ0) is 15.3. The van der Waals surface area contributed by atoms with Crippen LogP contribution in [0, 0.1) is 5.82 Å². The number of hydrogen-bond acceptors (Lipinski definition) is 2. The number of urea groups is 1. The van der Waals surface area contributed by atoms with Gasteiger partial charge in [-0.2, -0.15) is 0 Å². The van der Waals surface area contributed by atoms with E-state index in [1.807, 2.05) is 0 Å².